The van der Waals surface area contributed by atoms with Crippen molar-refractivity contribution in [2.45, 2.75) is 0 Å². The van der Waals surface area contributed by atoms with Crippen LogP contribution in [0.5, 0.6) is 5.75 Å². The minimum absolute atomic E-state index is 0.476. The highest BCUT2D eigenvalue weighted by Gasteiger charge is 1.97. The Labute approximate surface area is 275 Å². The molecule has 270 valence electrons. The van der Waals surface area contributed by atoms with Crippen molar-refractivity contribution in [2.75, 3.05) is 178 Å². The molecular formula is C32H60N2O12. The smallest absolute Gasteiger partial charge is 0.119 e. The summed E-state index contributed by atoms with van der Waals surface area (Å²) < 4.78 is 65.7. The molecule has 0 heterocycles. The Hall–Kier alpha value is -1.66. The van der Waals surface area contributed by atoms with Crippen LogP contribution in [0.4, 0.5) is 5.69 Å². The van der Waals surface area contributed by atoms with E-state index in [1.54, 1.807) is 12.1 Å². The molecule has 0 fully saturated rings. The van der Waals surface area contributed by atoms with E-state index in [9.17, 15) is 0 Å². The van der Waals surface area contributed by atoms with Crippen molar-refractivity contribution in [3.63, 3.8) is 0 Å². The van der Waals surface area contributed by atoms with Crippen molar-refractivity contribution in [3.05, 3.63) is 24.3 Å². The van der Waals surface area contributed by atoms with Crippen LogP contribution in [0.15, 0.2) is 24.3 Å². The van der Waals surface area contributed by atoms with Crippen molar-refractivity contribution in [2.24, 2.45) is 0 Å². The van der Waals surface area contributed by atoms with E-state index in [-0.39, 0.29) is 0 Å². The fourth-order valence-electron chi connectivity index (χ4n) is 3.33. The summed E-state index contributed by atoms with van der Waals surface area (Å²) in [6.07, 6.45) is 0. The monoisotopic (exact) mass is 664 g/mol. The highest BCUT2D eigenvalue weighted by Crippen LogP contribution is 2.12. The standard InChI is InChI=1S/C32H60N2O12/c1-34(2)7-8-35-9-10-36-11-12-37-13-14-38-15-16-39-17-18-40-19-20-41-21-22-42-23-24-43-25-26-44-27-28-45-29-30-46-32-5-3-31(33)4-6-32/h3-6H,7-30,33H2,1-2H3. The van der Waals surface area contributed by atoms with Gasteiger partial charge in [-0.2, -0.15) is 0 Å². The van der Waals surface area contributed by atoms with Crippen LogP contribution in [0, 0.1) is 0 Å². The number of anilines is 1. The average Bonchev–Trinajstić information content (AvgIpc) is 3.05. The fraction of sp³-hybridized carbons (Fsp3) is 0.812. The number of nitrogen functional groups attached to an aromatic ring is 1. The molecule has 0 aliphatic rings. The van der Waals surface area contributed by atoms with Crippen LogP contribution in [-0.4, -0.2) is 177 Å². The van der Waals surface area contributed by atoms with Crippen molar-refractivity contribution in [1.29, 1.82) is 0 Å². The minimum atomic E-state index is 0.476. The molecule has 0 saturated heterocycles. The quantitative estimate of drug-likeness (QED) is 0.0809. The van der Waals surface area contributed by atoms with E-state index in [0.717, 1.165) is 12.3 Å². The molecule has 0 saturated carbocycles. The second kappa shape index (κ2) is 34.7. The van der Waals surface area contributed by atoms with Crippen LogP contribution in [0.25, 0.3) is 0 Å². The van der Waals surface area contributed by atoms with Crippen LogP contribution in [0.1, 0.15) is 0 Å². The average molecular weight is 665 g/mol. The van der Waals surface area contributed by atoms with Gasteiger partial charge in [0.2, 0.25) is 0 Å². The molecule has 0 atom stereocenters. The Morgan fingerprint density at radius 3 is 0.870 bits per heavy atom. The topological polar surface area (TPSA) is 140 Å². The maximum Gasteiger partial charge on any atom is 0.119 e. The fourth-order valence-corrected chi connectivity index (χ4v) is 3.33. The van der Waals surface area contributed by atoms with Gasteiger partial charge in [-0.3, -0.25) is 0 Å². The third-order valence-electron chi connectivity index (χ3n) is 5.78. The molecule has 0 radical (unpaired) electrons. The van der Waals surface area contributed by atoms with E-state index < -0.39 is 0 Å². The largest absolute Gasteiger partial charge is 0.491 e. The third kappa shape index (κ3) is 32.3. The van der Waals surface area contributed by atoms with Crippen LogP contribution in [0.2, 0.25) is 0 Å². The summed E-state index contributed by atoms with van der Waals surface area (Å²) >= 11 is 0. The lowest BCUT2D eigenvalue weighted by atomic mass is 10.3. The van der Waals surface area contributed by atoms with Crippen molar-refractivity contribution in [1.82, 2.24) is 4.90 Å². The van der Waals surface area contributed by atoms with Gasteiger partial charge in [-0.15, -0.1) is 0 Å². The summed E-state index contributed by atoms with van der Waals surface area (Å²) in [5.41, 5.74) is 6.35. The molecule has 1 aromatic rings. The zero-order valence-electron chi connectivity index (χ0n) is 28.2. The molecule has 46 heavy (non-hydrogen) atoms. The Morgan fingerprint density at radius 1 is 0.370 bits per heavy atom. The Kier molecular flexibility index (Phi) is 31.9. The SMILES string of the molecule is CN(C)CCOCCOCCOCCOCCOCCOCCOCCOCCOCCOCCOCCOc1ccc(N)cc1. The highest BCUT2D eigenvalue weighted by molar-refractivity contribution is 5.41. The lowest BCUT2D eigenvalue weighted by Crippen LogP contribution is -2.19. The highest BCUT2D eigenvalue weighted by atomic mass is 16.6. The minimum Gasteiger partial charge on any atom is -0.491 e. The molecule has 1 rings (SSSR count). The Bertz CT molecular complexity index is 734. The number of ether oxygens (including phenoxy) is 12. The number of rotatable bonds is 37. The van der Waals surface area contributed by atoms with E-state index in [4.69, 9.17) is 62.6 Å². The molecule has 1 aromatic carbocycles. The molecule has 0 aromatic heterocycles. The second-order valence-corrected chi connectivity index (χ2v) is 9.96. The predicted molar refractivity (Wildman–Crippen MR) is 174 cm³/mol. The van der Waals surface area contributed by atoms with Gasteiger partial charge in [0.25, 0.3) is 0 Å². The lowest BCUT2D eigenvalue weighted by molar-refractivity contribution is -0.0278. The molecule has 0 aliphatic carbocycles. The number of hydrogen-bond acceptors (Lipinski definition) is 14. The predicted octanol–water partition coefficient (Wildman–Crippen LogP) is 1.39. The molecule has 0 amide bonds. The van der Waals surface area contributed by atoms with E-state index >= 15 is 0 Å². The third-order valence-corrected chi connectivity index (χ3v) is 5.78. The van der Waals surface area contributed by atoms with Gasteiger partial charge in [0.1, 0.15) is 12.4 Å². The summed E-state index contributed by atoms with van der Waals surface area (Å²) in [4.78, 5) is 2.08. The molecule has 2 N–H and O–H groups in total. The maximum atomic E-state index is 5.64. The summed E-state index contributed by atoms with van der Waals surface area (Å²) in [7, 11) is 4.04. The van der Waals surface area contributed by atoms with Crippen LogP contribution in [0.3, 0.4) is 0 Å². The zero-order chi connectivity index (χ0) is 33.0. The van der Waals surface area contributed by atoms with Gasteiger partial charge in [0.15, 0.2) is 0 Å². The Balaban J connectivity index is 1.62. The molecule has 0 aliphatic heterocycles. The van der Waals surface area contributed by atoms with E-state index in [2.05, 4.69) is 4.90 Å². The van der Waals surface area contributed by atoms with E-state index in [0.29, 0.717) is 158 Å². The van der Waals surface area contributed by atoms with Crippen molar-refractivity contribution >= 4 is 5.69 Å². The molecule has 14 heteroatoms. The van der Waals surface area contributed by atoms with Gasteiger partial charge in [0.05, 0.1) is 145 Å². The molecule has 0 unspecified atom stereocenters. The first-order chi connectivity index (χ1) is 22.7. The maximum absolute atomic E-state index is 5.64. The molecule has 14 nitrogen and oxygen atoms in total. The van der Waals surface area contributed by atoms with Crippen LogP contribution in [-0.2, 0) is 52.1 Å². The molecular weight excluding hydrogens is 604 g/mol. The van der Waals surface area contributed by atoms with E-state index in [1.165, 1.54) is 0 Å². The van der Waals surface area contributed by atoms with Crippen LogP contribution < -0.4 is 10.5 Å². The van der Waals surface area contributed by atoms with Gasteiger partial charge < -0.3 is 67.5 Å². The van der Waals surface area contributed by atoms with Crippen LogP contribution >= 0.6 is 0 Å². The first-order valence-corrected chi connectivity index (χ1v) is 16.2. The van der Waals surface area contributed by atoms with Gasteiger partial charge in [-0.05, 0) is 38.4 Å². The number of likely N-dealkylation sites (N-methyl/N-ethyl adjacent to an activating group) is 1. The van der Waals surface area contributed by atoms with E-state index in [1.807, 2.05) is 26.2 Å². The Morgan fingerprint density at radius 2 is 0.609 bits per heavy atom. The number of nitrogens with two attached hydrogens (primary N) is 1. The van der Waals surface area contributed by atoms with Gasteiger partial charge in [-0.1, -0.05) is 0 Å². The number of nitrogens with zero attached hydrogens (tertiary/aromatic N) is 1. The zero-order valence-corrected chi connectivity index (χ0v) is 28.2. The summed E-state index contributed by atoms with van der Waals surface area (Å²) in [6, 6.07) is 7.27. The van der Waals surface area contributed by atoms with Gasteiger partial charge in [-0.25, -0.2) is 0 Å². The molecule has 0 bridgehead atoms. The lowest BCUT2D eigenvalue weighted by Gasteiger charge is -2.10. The van der Waals surface area contributed by atoms with Gasteiger partial charge >= 0.3 is 0 Å². The summed E-state index contributed by atoms with van der Waals surface area (Å²) in [5.74, 6) is 0.772. The van der Waals surface area contributed by atoms with Crippen molar-refractivity contribution < 1.29 is 56.8 Å². The van der Waals surface area contributed by atoms with Gasteiger partial charge in [0, 0.05) is 12.2 Å². The van der Waals surface area contributed by atoms with Crippen molar-refractivity contribution in [3.8, 4) is 5.75 Å². The molecule has 0 spiro atoms. The first-order valence-electron chi connectivity index (χ1n) is 16.2. The second-order valence-electron chi connectivity index (χ2n) is 9.96. The number of hydrogen-bond donors (Lipinski definition) is 1. The number of benzene rings is 1. The first kappa shape index (κ1) is 42.4. The summed E-state index contributed by atoms with van der Waals surface area (Å²) in [6.45, 7) is 13.1. The normalized spacial score (nSPS) is 11.5. The summed E-state index contributed by atoms with van der Waals surface area (Å²) in [5, 5.41) is 0.